The lowest BCUT2D eigenvalue weighted by atomic mass is 10.1. The minimum atomic E-state index is -4.53. The van der Waals surface area contributed by atoms with Gasteiger partial charge in [-0.3, -0.25) is 4.79 Å². The Morgan fingerprint density at radius 1 is 1.19 bits per heavy atom. The van der Waals surface area contributed by atoms with Gasteiger partial charge in [-0.2, -0.15) is 13.2 Å². The molecule has 1 aromatic carbocycles. The monoisotopic (exact) mass is 419 g/mol. The van der Waals surface area contributed by atoms with Gasteiger partial charge in [-0.05, 0) is 24.3 Å². The van der Waals surface area contributed by atoms with Gasteiger partial charge in [0.1, 0.15) is 5.15 Å². The van der Waals surface area contributed by atoms with E-state index in [-0.39, 0.29) is 21.4 Å². The summed E-state index contributed by atoms with van der Waals surface area (Å²) in [6, 6.07) is 4.54. The van der Waals surface area contributed by atoms with E-state index < -0.39 is 17.6 Å². The zero-order valence-electron chi connectivity index (χ0n) is 13.8. The number of alkyl halides is 3. The Kier molecular flexibility index (Phi) is 5.78. The molecule has 0 radical (unpaired) electrons. The third kappa shape index (κ3) is 4.63. The lowest BCUT2D eigenvalue weighted by Gasteiger charge is -2.31. The number of ether oxygens (including phenoxy) is 1. The molecule has 2 aromatic rings. The smallest absolute Gasteiger partial charge is 0.378 e. The number of rotatable bonds is 3. The van der Waals surface area contributed by atoms with E-state index in [0.29, 0.717) is 32.0 Å². The van der Waals surface area contributed by atoms with Crippen LogP contribution in [0.1, 0.15) is 15.9 Å². The summed E-state index contributed by atoms with van der Waals surface area (Å²) in [6.45, 7) is 1.90. The molecule has 1 fully saturated rings. The number of hydrogen-bond donors (Lipinski definition) is 1. The maximum absolute atomic E-state index is 13.1. The lowest BCUT2D eigenvalue weighted by molar-refractivity contribution is -0.137. The largest absolute Gasteiger partial charge is 0.416 e. The van der Waals surface area contributed by atoms with E-state index in [1.165, 1.54) is 18.3 Å². The first kappa shape index (κ1) is 19.7. The number of morpholine rings is 1. The third-order valence-corrected chi connectivity index (χ3v) is 4.67. The highest BCUT2D eigenvalue weighted by molar-refractivity contribution is 6.41. The van der Waals surface area contributed by atoms with Crippen LogP contribution in [0.2, 0.25) is 10.2 Å². The third-order valence-electron chi connectivity index (χ3n) is 3.98. The number of nitrogens with one attached hydrogen (secondary N) is 1. The fourth-order valence-corrected chi connectivity index (χ4v) is 2.90. The van der Waals surface area contributed by atoms with Gasteiger partial charge < -0.3 is 15.0 Å². The van der Waals surface area contributed by atoms with Gasteiger partial charge in [-0.1, -0.05) is 23.2 Å². The molecule has 1 saturated heterocycles. The van der Waals surface area contributed by atoms with Crippen molar-refractivity contribution in [2.45, 2.75) is 6.18 Å². The van der Waals surface area contributed by atoms with Crippen LogP contribution >= 0.6 is 23.2 Å². The summed E-state index contributed by atoms with van der Waals surface area (Å²) < 4.78 is 44.6. The quantitative estimate of drug-likeness (QED) is 0.744. The van der Waals surface area contributed by atoms with E-state index in [0.717, 1.165) is 12.1 Å². The van der Waals surface area contributed by atoms with Crippen molar-refractivity contribution >= 4 is 40.5 Å². The Labute approximate surface area is 163 Å². The van der Waals surface area contributed by atoms with Crippen LogP contribution < -0.4 is 10.2 Å². The zero-order valence-corrected chi connectivity index (χ0v) is 15.3. The van der Waals surface area contributed by atoms with Crippen molar-refractivity contribution in [3.63, 3.8) is 0 Å². The second kappa shape index (κ2) is 7.92. The van der Waals surface area contributed by atoms with Crippen LogP contribution in [0.3, 0.4) is 0 Å². The number of nitrogens with zero attached hydrogens (tertiary/aromatic N) is 2. The molecular weight excluding hydrogens is 406 g/mol. The van der Waals surface area contributed by atoms with Crippen LogP contribution in [-0.4, -0.2) is 37.2 Å². The molecule has 0 bridgehead atoms. The summed E-state index contributed by atoms with van der Waals surface area (Å²) in [7, 11) is 0. The van der Waals surface area contributed by atoms with Gasteiger partial charge in [0.25, 0.3) is 5.91 Å². The molecule has 1 aromatic heterocycles. The van der Waals surface area contributed by atoms with Crippen molar-refractivity contribution in [1.82, 2.24) is 4.98 Å². The molecule has 0 unspecified atom stereocenters. The molecular formula is C17H14Cl2F3N3O2. The summed E-state index contributed by atoms with van der Waals surface area (Å²) in [5.41, 5.74) is -0.257. The Hall–Kier alpha value is -2.03. The van der Waals surface area contributed by atoms with Crippen LogP contribution in [0.4, 0.5) is 24.5 Å². The minimum Gasteiger partial charge on any atom is -0.378 e. The first-order chi connectivity index (χ1) is 12.8. The Balaban J connectivity index is 1.94. The number of benzene rings is 1. The Morgan fingerprint density at radius 3 is 2.52 bits per heavy atom. The molecule has 0 aliphatic carbocycles. The summed E-state index contributed by atoms with van der Waals surface area (Å²) in [6.07, 6.45) is -3.33. The van der Waals surface area contributed by atoms with E-state index in [4.69, 9.17) is 27.9 Å². The van der Waals surface area contributed by atoms with E-state index in [1.54, 1.807) is 0 Å². The first-order valence-corrected chi connectivity index (χ1v) is 8.67. The zero-order chi connectivity index (χ0) is 19.6. The number of anilines is 2. The Bertz CT molecular complexity index is 856. The van der Waals surface area contributed by atoms with E-state index in [2.05, 4.69) is 10.3 Å². The van der Waals surface area contributed by atoms with Gasteiger partial charge in [-0.15, -0.1) is 0 Å². The predicted molar refractivity (Wildman–Crippen MR) is 96.7 cm³/mol. The van der Waals surface area contributed by atoms with Gasteiger partial charge in [0.15, 0.2) is 0 Å². The highest BCUT2D eigenvalue weighted by atomic mass is 35.5. The first-order valence-electron chi connectivity index (χ1n) is 7.92. The average molecular weight is 420 g/mol. The van der Waals surface area contributed by atoms with Crippen LogP contribution in [0.5, 0.6) is 0 Å². The van der Waals surface area contributed by atoms with E-state index >= 15 is 0 Å². The second-order valence-corrected chi connectivity index (χ2v) is 6.55. The van der Waals surface area contributed by atoms with Crippen molar-refractivity contribution in [2.24, 2.45) is 0 Å². The standard InChI is InChI=1S/C17H14Cl2F3N3O2/c18-12-7-10(9-23-15(12)19)16(26)24-13-8-11(17(20,21)22)1-2-14(13)25-3-5-27-6-4-25/h1-2,7-9H,3-6H2,(H,24,26). The number of aromatic nitrogens is 1. The molecule has 1 aliphatic rings. The number of carbonyl (C=O) groups excluding carboxylic acids is 1. The van der Waals surface area contributed by atoms with E-state index in [1.807, 2.05) is 4.90 Å². The maximum atomic E-state index is 13.1. The molecule has 144 valence electrons. The average Bonchev–Trinajstić information content (AvgIpc) is 2.64. The molecule has 1 amide bonds. The summed E-state index contributed by atoms with van der Waals surface area (Å²) in [5, 5.41) is 2.62. The maximum Gasteiger partial charge on any atom is 0.416 e. The normalized spacial score (nSPS) is 14.9. The van der Waals surface area contributed by atoms with Gasteiger partial charge in [-0.25, -0.2) is 4.98 Å². The number of pyridine rings is 1. The van der Waals surface area contributed by atoms with Crippen LogP contribution in [0.25, 0.3) is 0 Å². The molecule has 0 spiro atoms. The van der Waals surface area contributed by atoms with Gasteiger partial charge >= 0.3 is 6.18 Å². The van der Waals surface area contributed by atoms with Crippen LogP contribution in [0, 0.1) is 0 Å². The Morgan fingerprint density at radius 2 is 1.89 bits per heavy atom. The minimum absolute atomic E-state index is 0.0290. The van der Waals surface area contributed by atoms with Gasteiger partial charge in [0, 0.05) is 19.3 Å². The van der Waals surface area contributed by atoms with Crippen molar-refractivity contribution in [3.8, 4) is 0 Å². The second-order valence-electron chi connectivity index (χ2n) is 5.78. The van der Waals surface area contributed by atoms with Gasteiger partial charge in [0.05, 0.1) is 40.7 Å². The van der Waals surface area contributed by atoms with Gasteiger partial charge in [0.2, 0.25) is 0 Å². The van der Waals surface area contributed by atoms with Crippen LogP contribution in [0.15, 0.2) is 30.5 Å². The molecule has 0 atom stereocenters. The van der Waals surface area contributed by atoms with E-state index in [9.17, 15) is 18.0 Å². The summed E-state index contributed by atoms with van der Waals surface area (Å²) >= 11 is 11.6. The van der Waals surface area contributed by atoms with Crippen molar-refractivity contribution < 1.29 is 22.7 Å². The number of hydrogen-bond acceptors (Lipinski definition) is 4. The summed E-state index contributed by atoms with van der Waals surface area (Å²) in [5.74, 6) is -0.644. The SMILES string of the molecule is O=C(Nc1cc(C(F)(F)F)ccc1N1CCOCC1)c1cnc(Cl)c(Cl)c1. The van der Waals surface area contributed by atoms with Crippen LogP contribution in [-0.2, 0) is 10.9 Å². The fourth-order valence-electron chi connectivity index (χ4n) is 2.63. The summed E-state index contributed by atoms with van der Waals surface area (Å²) in [4.78, 5) is 18.1. The van der Waals surface area contributed by atoms with Crippen molar-refractivity contribution in [2.75, 3.05) is 36.5 Å². The molecule has 0 saturated carbocycles. The molecule has 1 aliphatic heterocycles. The molecule has 5 nitrogen and oxygen atoms in total. The number of carbonyl (C=O) groups is 1. The van der Waals surface area contributed by atoms with Crippen molar-refractivity contribution in [3.05, 3.63) is 51.8 Å². The number of halogens is 5. The number of amides is 1. The van der Waals surface area contributed by atoms with Crippen molar-refractivity contribution in [1.29, 1.82) is 0 Å². The molecule has 2 heterocycles. The molecule has 1 N–H and O–H groups in total. The predicted octanol–water partition coefficient (Wildman–Crippen LogP) is 4.50. The fraction of sp³-hybridized carbons (Fsp3) is 0.294. The lowest BCUT2D eigenvalue weighted by Crippen LogP contribution is -2.36. The molecule has 10 heteroatoms. The highest BCUT2D eigenvalue weighted by Gasteiger charge is 2.32. The topological polar surface area (TPSA) is 54.5 Å². The molecule has 3 rings (SSSR count). The highest BCUT2D eigenvalue weighted by Crippen LogP contribution is 2.36. The molecule has 27 heavy (non-hydrogen) atoms.